The number of carbonyl (C=O) groups excluding carboxylic acids is 1. The number of amides is 1. The minimum Gasteiger partial charge on any atom is -0.369 e. The molecule has 2 nitrogen and oxygen atoms in total. The van der Waals surface area contributed by atoms with E-state index in [9.17, 15) is 4.79 Å². The van der Waals surface area contributed by atoms with E-state index in [1.54, 1.807) is 0 Å². The van der Waals surface area contributed by atoms with E-state index in [0.717, 1.165) is 19.3 Å². The second kappa shape index (κ2) is 4.64. The number of carbonyl (C=O) groups is 1. The van der Waals surface area contributed by atoms with Gasteiger partial charge in [-0.3, -0.25) is 4.79 Å². The highest BCUT2D eigenvalue weighted by molar-refractivity contribution is 5.80. The minimum atomic E-state index is -0.166. The van der Waals surface area contributed by atoms with Gasteiger partial charge in [-0.1, -0.05) is 39.0 Å². The predicted molar refractivity (Wildman–Crippen MR) is 54.2 cm³/mol. The van der Waals surface area contributed by atoms with Crippen molar-refractivity contribution in [3.63, 3.8) is 0 Å². The number of hydrogen-bond donors (Lipinski definition) is 1. The molecule has 2 heteroatoms. The Labute approximate surface area is 80.9 Å². The van der Waals surface area contributed by atoms with E-state index in [-0.39, 0.29) is 11.3 Å². The van der Waals surface area contributed by atoms with E-state index in [1.165, 1.54) is 32.1 Å². The zero-order chi connectivity index (χ0) is 9.73. The molecule has 1 saturated carbocycles. The van der Waals surface area contributed by atoms with Crippen LogP contribution in [0.3, 0.4) is 0 Å². The Morgan fingerprint density at radius 2 is 1.62 bits per heavy atom. The standard InChI is InChI=1S/C11H21NO/c1-2-11(10(12)13)8-6-4-3-5-7-9-11/h2-9H2,1H3,(H2,12,13). The fourth-order valence-electron chi connectivity index (χ4n) is 2.36. The maximum Gasteiger partial charge on any atom is 0.223 e. The van der Waals surface area contributed by atoms with Crippen molar-refractivity contribution < 1.29 is 4.79 Å². The number of rotatable bonds is 2. The Kier molecular flexibility index (Phi) is 3.76. The topological polar surface area (TPSA) is 43.1 Å². The maximum atomic E-state index is 11.4. The molecule has 0 atom stereocenters. The third-order valence-electron chi connectivity index (χ3n) is 3.51. The Morgan fingerprint density at radius 1 is 1.15 bits per heavy atom. The summed E-state index contributed by atoms with van der Waals surface area (Å²) in [6.07, 6.45) is 9.18. The number of hydrogen-bond acceptors (Lipinski definition) is 1. The van der Waals surface area contributed by atoms with E-state index < -0.39 is 0 Å². The molecule has 1 aliphatic carbocycles. The van der Waals surface area contributed by atoms with Crippen LogP contribution in [-0.2, 0) is 4.79 Å². The van der Waals surface area contributed by atoms with Gasteiger partial charge in [-0.2, -0.15) is 0 Å². The molecule has 0 unspecified atom stereocenters. The van der Waals surface area contributed by atoms with Crippen molar-refractivity contribution in [1.82, 2.24) is 0 Å². The van der Waals surface area contributed by atoms with Gasteiger partial charge in [0.05, 0.1) is 0 Å². The molecule has 0 aromatic heterocycles. The van der Waals surface area contributed by atoms with E-state index in [4.69, 9.17) is 5.73 Å². The molecular formula is C11H21NO. The Bertz CT molecular complexity index is 169. The summed E-state index contributed by atoms with van der Waals surface area (Å²) in [7, 11) is 0. The SMILES string of the molecule is CCC1(C(N)=O)CCCCCCC1. The summed E-state index contributed by atoms with van der Waals surface area (Å²) in [5, 5.41) is 0. The monoisotopic (exact) mass is 183 g/mol. The lowest BCUT2D eigenvalue weighted by atomic mass is 9.74. The van der Waals surface area contributed by atoms with Gasteiger partial charge < -0.3 is 5.73 Å². The van der Waals surface area contributed by atoms with E-state index in [1.807, 2.05) is 0 Å². The van der Waals surface area contributed by atoms with Gasteiger partial charge in [0.25, 0.3) is 0 Å². The van der Waals surface area contributed by atoms with E-state index in [2.05, 4.69) is 6.92 Å². The van der Waals surface area contributed by atoms with Crippen molar-refractivity contribution >= 4 is 5.91 Å². The molecule has 0 bridgehead atoms. The first-order valence-corrected chi connectivity index (χ1v) is 5.51. The van der Waals surface area contributed by atoms with Crippen molar-refractivity contribution in [1.29, 1.82) is 0 Å². The van der Waals surface area contributed by atoms with Gasteiger partial charge in [-0.15, -0.1) is 0 Å². The van der Waals surface area contributed by atoms with Crippen LogP contribution in [-0.4, -0.2) is 5.91 Å². The quantitative estimate of drug-likeness (QED) is 0.702. The first-order valence-electron chi connectivity index (χ1n) is 5.51. The Balaban J connectivity index is 2.63. The highest BCUT2D eigenvalue weighted by atomic mass is 16.1. The molecule has 0 aromatic rings. The molecule has 0 aromatic carbocycles. The van der Waals surface area contributed by atoms with Gasteiger partial charge in [0.15, 0.2) is 0 Å². The lowest BCUT2D eigenvalue weighted by Gasteiger charge is -2.31. The average molecular weight is 183 g/mol. The largest absolute Gasteiger partial charge is 0.369 e. The number of nitrogens with two attached hydrogens (primary N) is 1. The molecule has 13 heavy (non-hydrogen) atoms. The third-order valence-corrected chi connectivity index (χ3v) is 3.51. The van der Waals surface area contributed by atoms with Crippen molar-refractivity contribution in [2.75, 3.05) is 0 Å². The zero-order valence-corrected chi connectivity index (χ0v) is 8.64. The average Bonchev–Trinajstić information content (AvgIpc) is 2.04. The van der Waals surface area contributed by atoms with E-state index in [0.29, 0.717) is 0 Å². The van der Waals surface area contributed by atoms with Crippen LogP contribution in [0.5, 0.6) is 0 Å². The van der Waals surface area contributed by atoms with Crippen molar-refractivity contribution in [3.05, 3.63) is 0 Å². The van der Waals surface area contributed by atoms with Crippen LogP contribution in [0.2, 0.25) is 0 Å². The van der Waals surface area contributed by atoms with Crippen LogP contribution in [0.25, 0.3) is 0 Å². The van der Waals surface area contributed by atoms with Gasteiger partial charge in [0.2, 0.25) is 5.91 Å². The molecule has 0 radical (unpaired) electrons. The second-order valence-electron chi connectivity index (χ2n) is 4.27. The lowest BCUT2D eigenvalue weighted by molar-refractivity contribution is -0.129. The molecule has 0 aliphatic heterocycles. The van der Waals surface area contributed by atoms with Crippen LogP contribution in [0.4, 0.5) is 0 Å². The molecule has 1 aliphatic rings. The predicted octanol–water partition coefficient (Wildman–Crippen LogP) is 2.61. The van der Waals surface area contributed by atoms with Gasteiger partial charge in [-0.25, -0.2) is 0 Å². The van der Waals surface area contributed by atoms with Gasteiger partial charge in [-0.05, 0) is 19.3 Å². The highest BCUT2D eigenvalue weighted by Gasteiger charge is 2.33. The summed E-state index contributed by atoms with van der Waals surface area (Å²) in [6, 6.07) is 0. The molecule has 2 N–H and O–H groups in total. The van der Waals surface area contributed by atoms with Gasteiger partial charge >= 0.3 is 0 Å². The summed E-state index contributed by atoms with van der Waals surface area (Å²) >= 11 is 0. The van der Waals surface area contributed by atoms with E-state index >= 15 is 0 Å². The normalized spacial score (nSPS) is 23.2. The molecule has 1 rings (SSSR count). The fourth-order valence-corrected chi connectivity index (χ4v) is 2.36. The molecule has 76 valence electrons. The molecular weight excluding hydrogens is 162 g/mol. The second-order valence-corrected chi connectivity index (χ2v) is 4.27. The molecule has 0 saturated heterocycles. The van der Waals surface area contributed by atoms with Crippen LogP contribution < -0.4 is 5.73 Å². The van der Waals surface area contributed by atoms with Crippen LogP contribution in [0, 0.1) is 5.41 Å². The smallest absolute Gasteiger partial charge is 0.223 e. The summed E-state index contributed by atoms with van der Waals surface area (Å²) in [4.78, 5) is 11.4. The highest BCUT2D eigenvalue weighted by Crippen LogP contribution is 2.36. The fraction of sp³-hybridized carbons (Fsp3) is 0.909. The summed E-state index contributed by atoms with van der Waals surface area (Å²) in [6.45, 7) is 2.09. The first-order chi connectivity index (χ1) is 6.21. The first kappa shape index (κ1) is 10.6. The molecule has 0 heterocycles. The van der Waals surface area contributed by atoms with Gasteiger partial charge in [0.1, 0.15) is 0 Å². The minimum absolute atomic E-state index is 0.0723. The third kappa shape index (κ3) is 2.45. The van der Waals surface area contributed by atoms with Crippen LogP contribution in [0.1, 0.15) is 58.3 Å². The molecule has 1 amide bonds. The Hall–Kier alpha value is -0.530. The zero-order valence-electron chi connectivity index (χ0n) is 8.64. The van der Waals surface area contributed by atoms with Crippen molar-refractivity contribution in [2.45, 2.75) is 58.3 Å². The Morgan fingerprint density at radius 3 is 2.00 bits per heavy atom. The maximum absolute atomic E-state index is 11.4. The lowest BCUT2D eigenvalue weighted by Crippen LogP contribution is -2.37. The summed E-state index contributed by atoms with van der Waals surface area (Å²) < 4.78 is 0. The van der Waals surface area contributed by atoms with Crippen LogP contribution in [0.15, 0.2) is 0 Å². The summed E-state index contributed by atoms with van der Waals surface area (Å²) in [5.74, 6) is -0.0723. The van der Waals surface area contributed by atoms with Crippen molar-refractivity contribution in [2.24, 2.45) is 11.1 Å². The molecule has 0 spiro atoms. The summed E-state index contributed by atoms with van der Waals surface area (Å²) in [5.41, 5.74) is 5.33. The van der Waals surface area contributed by atoms with Crippen molar-refractivity contribution in [3.8, 4) is 0 Å². The molecule has 1 fully saturated rings. The van der Waals surface area contributed by atoms with Gasteiger partial charge in [0, 0.05) is 5.41 Å². The number of primary amides is 1. The van der Waals surface area contributed by atoms with Crippen LogP contribution >= 0.6 is 0 Å².